The zero-order valence-electron chi connectivity index (χ0n) is 9.82. The number of carbonyl (C=O) groups is 1. The van der Waals surface area contributed by atoms with Crippen LogP contribution in [-0.4, -0.2) is 32.8 Å². The molecule has 8 heteroatoms. The zero-order chi connectivity index (χ0) is 13.1. The molecule has 0 amide bonds. The monoisotopic (exact) mass is 265 g/mol. The Morgan fingerprint density at radius 1 is 1.56 bits per heavy atom. The maximum atomic E-state index is 11.6. The van der Waals surface area contributed by atoms with Crippen LogP contribution in [0.1, 0.15) is 10.4 Å². The molecule has 94 valence electrons. The lowest BCUT2D eigenvalue weighted by atomic mass is 10.3. The number of methoxy groups -OCH3 is 1. The fourth-order valence-electron chi connectivity index (χ4n) is 1.26. The third-order valence-corrected chi connectivity index (χ3v) is 3.21. The van der Waals surface area contributed by atoms with Crippen molar-refractivity contribution in [1.82, 2.24) is 19.7 Å². The molecular weight excluding hydrogens is 254 g/mol. The molecule has 2 N–H and O–H groups in total. The number of hydrogen-bond acceptors (Lipinski definition) is 7. The summed E-state index contributed by atoms with van der Waals surface area (Å²) in [6.07, 6.45) is 3.04. The van der Waals surface area contributed by atoms with Crippen molar-refractivity contribution < 1.29 is 9.53 Å². The molecule has 0 aromatic carbocycles. The van der Waals surface area contributed by atoms with E-state index < -0.39 is 5.97 Å². The summed E-state index contributed by atoms with van der Waals surface area (Å²) < 4.78 is 6.42. The molecule has 0 fully saturated rings. The number of aromatic nitrogens is 4. The first-order chi connectivity index (χ1) is 8.61. The summed E-state index contributed by atoms with van der Waals surface area (Å²) in [6.45, 7) is 0. The van der Waals surface area contributed by atoms with Gasteiger partial charge < -0.3 is 15.0 Å². The van der Waals surface area contributed by atoms with Gasteiger partial charge in [-0.2, -0.15) is 0 Å². The summed E-state index contributed by atoms with van der Waals surface area (Å²) in [5, 5.41) is 8.77. The minimum Gasteiger partial charge on any atom is -0.465 e. The SMILES string of the molecule is COC(=O)c1cc(N)cnc1Sc1nncn1C. The lowest BCUT2D eigenvalue weighted by Gasteiger charge is -2.06. The molecule has 7 nitrogen and oxygen atoms in total. The summed E-state index contributed by atoms with van der Waals surface area (Å²) in [5.41, 5.74) is 6.32. The lowest BCUT2D eigenvalue weighted by molar-refractivity contribution is 0.0596. The van der Waals surface area contributed by atoms with Gasteiger partial charge in [0.2, 0.25) is 0 Å². The Bertz CT molecular complexity index is 583. The first-order valence-corrected chi connectivity index (χ1v) is 5.79. The van der Waals surface area contributed by atoms with E-state index in [0.29, 0.717) is 21.4 Å². The molecule has 0 aliphatic carbocycles. The summed E-state index contributed by atoms with van der Waals surface area (Å²) in [5.74, 6) is -0.487. The number of pyridine rings is 1. The van der Waals surface area contributed by atoms with Crippen LogP contribution in [0.5, 0.6) is 0 Å². The topological polar surface area (TPSA) is 95.9 Å². The number of rotatable bonds is 3. The van der Waals surface area contributed by atoms with Crippen LogP contribution in [0, 0.1) is 0 Å². The van der Waals surface area contributed by atoms with Crippen LogP contribution in [0.25, 0.3) is 0 Å². The highest BCUT2D eigenvalue weighted by Crippen LogP contribution is 2.28. The predicted molar refractivity (Wildman–Crippen MR) is 65.1 cm³/mol. The van der Waals surface area contributed by atoms with Crippen LogP contribution in [0.15, 0.2) is 28.8 Å². The van der Waals surface area contributed by atoms with E-state index in [0.717, 1.165) is 0 Å². The quantitative estimate of drug-likeness (QED) is 0.817. The van der Waals surface area contributed by atoms with Gasteiger partial charge in [0.15, 0.2) is 5.16 Å². The maximum absolute atomic E-state index is 11.6. The highest BCUT2D eigenvalue weighted by Gasteiger charge is 2.16. The van der Waals surface area contributed by atoms with Crippen molar-refractivity contribution in [2.45, 2.75) is 10.2 Å². The third-order valence-electron chi connectivity index (χ3n) is 2.14. The van der Waals surface area contributed by atoms with Crippen LogP contribution in [0.3, 0.4) is 0 Å². The second-order valence-electron chi connectivity index (χ2n) is 3.44. The first kappa shape index (κ1) is 12.4. The van der Waals surface area contributed by atoms with Gasteiger partial charge in [-0.3, -0.25) is 0 Å². The maximum Gasteiger partial charge on any atom is 0.340 e. The molecule has 2 heterocycles. The number of hydrogen-bond donors (Lipinski definition) is 1. The van der Waals surface area contributed by atoms with Crippen molar-refractivity contribution in [2.24, 2.45) is 7.05 Å². The van der Waals surface area contributed by atoms with Gasteiger partial charge in [0.05, 0.1) is 24.6 Å². The van der Waals surface area contributed by atoms with Gasteiger partial charge in [0.25, 0.3) is 0 Å². The number of nitrogen functional groups attached to an aromatic ring is 1. The molecule has 0 saturated heterocycles. The zero-order valence-corrected chi connectivity index (χ0v) is 10.6. The van der Waals surface area contributed by atoms with E-state index in [1.54, 1.807) is 17.9 Å². The second kappa shape index (κ2) is 5.05. The van der Waals surface area contributed by atoms with Crippen molar-refractivity contribution >= 4 is 23.4 Å². The van der Waals surface area contributed by atoms with E-state index in [-0.39, 0.29) is 0 Å². The normalized spacial score (nSPS) is 10.3. The van der Waals surface area contributed by atoms with Crippen LogP contribution in [0.4, 0.5) is 5.69 Å². The Labute approximate surface area is 107 Å². The van der Waals surface area contributed by atoms with Crippen LogP contribution in [-0.2, 0) is 11.8 Å². The molecule has 2 aromatic heterocycles. The highest BCUT2D eigenvalue weighted by molar-refractivity contribution is 7.99. The van der Waals surface area contributed by atoms with E-state index in [2.05, 4.69) is 15.2 Å². The molecule has 0 spiro atoms. The molecule has 0 radical (unpaired) electrons. The van der Waals surface area contributed by atoms with Gasteiger partial charge in [-0.05, 0) is 17.8 Å². The van der Waals surface area contributed by atoms with E-state index in [4.69, 9.17) is 10.5 Å². The minimum absolute atomic E-state index is 0.311. The molecule has 0 saturated carbocycles. The largest absolute Gasteiger partial charge is 0.465 e. The van der Waals surface area contributed by atoms with Crippen molar-refractivity contribution in [3.8, 4) is 0 Å². The van der Waals surface area contributed by atoms with Gasteiger partial charge in [0, 0.05) is 7.05 Å². The second-order valence-corrected chi connectivity index (χ2v) is 4.40. The van der Waals surface area contributed by atoms with Gasteiger partial charge in [-0.1, -0.05) is 0 Å². The molecule has 0 bridgehead atoms. The smallest absolute Gasteiger partial charge is 0.340 e. The molecule has 0 unspecified atom stereocenters. The average molecular weight is 265 g/mol. The molecule has 18 heavy (non-hydrogen) atoms. The van der Waals surface area contributed by atoms with Gasteiger partial charge >= 0.3 is 5.97 Å². The number of nitrogens with zero attached hydrogens (tertiary/aromatic N) is 4. The Kier molecular flexibility index (Phi) is 3.47. The Hall–Kier alpha value is -2.09. The number of esters is 1. The molecule has 2 aromatic rings. The Morgan fingerprint density at radius 3 is 2.94 bits per heavy atom. The molecule has 2 rings (SSSR count). The average Bonchev–Trinajstić information content (AvgIpc) is 2.76. The number of aryl methyl sites for hydroxylation is 1. The van der Waals surface area contributed by atoms with Crippen molar-refractivity contribution in [2.75, 3.05) is 12.8 Å². The van der Waals surface area contributed by atoms with Gasteiger partial charge in [-0.15, -0.1) is 10.2 Å². The summed E-state index contributed by atoms with van der Waals surface area (Å²) in [7, 11) is 3.11. The van der Waals surface area contributed by atoms with Crippen LogP contribution in [0.2, 0.25) is 0 Å². The highest BCUT2D eigenvalue weighted by atomic mass is 32.2. The standard InChI is InChI=1S/C10H11N5O2S/c1-15-5-13-14-10(15)18-8-7(9(16)17-2)3-6(11)4-12-8/h3-5H,11H2,1-2H3. The van der Waals surface area contributed by atoms with Crippen molar-refractivity contribution in [1.29, 1.82) is 0 Å². The summed E-state index contributed by atoms with van der Waals surface area (Å²) >= 11 is 1.22. The fourth-order valence-corrected chi connectivity index (χ4v) is 2.07. The molecule has 0 aliphatic rings. The van der Waals surface area contributed by atoms with Crippen molar-refractivity contribution in [3.63, 3.8) is 0 Å². The van der Waals surface area contributed by atoms with Crippen LogP contribution >= 0.6 is 11.8 Å². The fraction of sp³-hybridized carbons (Fsp3) is 0.200. The Morgan fingerprint density at radius 2 is 2.33 bits per heavy atom. The van der Waals surface area contributed by atoms with E-state index >= 15 is 0 Å². The molecule has 0 atom stereocenters. The number of carbonyl (C=O) groups excluding carboxylic acids is 1. The van der Waals surface area contributed by atoms with E-state index in [1.807, 2.05) is 0 Å². The van der Waals surface area contributed by atoms with Gasteiger partial charge in [-0.25, -0.2) is 9.78 Å². The Balaban J connectivity index is 2.38. The van der Waals surface area contributed by atoms with Crippen LogP contribution < -0.4 is 5.73 Å². The lowest BCUT2D eigenvalue weighted by Crippen LogP contribution is -2.06. The third kappa shape index (κ3) is 2.43. The number of ether oxygens (including phenoxy) is 1. The minimum atomic E-state index is -0.487. The predicted octanol–water partition coefficient (Wildman–Crippen LogP) is 0.730. The summed E-state index contributed by atoms with van der Waals surface area (Å²) in [4.78, 5) is 15.7. The first-order valence-electron chi connectivity index (χ1n) is 4.97. The number of nitrogens with two attached hydrogens (primary N) is 1. The van der Waals surface area contributed by atoms with Crippen molar-refractivity contribution in [3.05, 3.63) is 24.2 Å². The van der Waals surface area contributed by atoms with E-state index in [9.17, 15) is 4.79 Å². The molecular formula is C10H11N5O2S. The molecule has 0 aliphatic heterocycles. The van der Waals surface area contributed by atoms with Gasteiger partial charge in [0.1, 0.15) is 11.4 Å². The number of anilines is 1. The van der Waals surface area contributed by atoms with E-state index in [1.165, 1.54) is 31.1 Å². The summed E-state index contributed by atoms with van der Waals surface area (Å²) in [6, 6.07) is 1.53.